The first kappa shape index (κ1) is 42.9. The number of rotatable bonds is 9. The van der Waals surface area contributed by atoms with Gasteiger partial charge >= 0.3 is 0 Å². The van der Waals surface area contributed by atoms with Gasteiger partial charge < -0.3 is 90.8 Å². The van der Waals surface area contributed by atoms with E-state index in [0.717, 1.165) is 60.7 Å². The Morgan fingerprint density at radius 2 is 1.12 bits per heavy atom. The molecule has 0 saturated heterocycles. The number of aliphatic hydroxyl groups excluding tert-OH is 3. The van der Waals surface area contributed by atoms with Crippen molar-refractivity contribution >= 4 is 0 Å². The second kappa shape index (κ2) is 16.2. The second-order valence-electron chi connectivity index (χ2n) is 15.7. The molecule has 2 aliphatic heterocycles. The van der Waals surface area contributed by atoms with Gasteiger partial charge in [0, 0.05) is 64.4 Å². The number of fused-ring (bicyclic) bond motifs is 2. The molecule has 8 rings (SSSR count). The van der Waals surface area contributed by atoms with E-state index < -0.39 is 124 Å². The standard InChI is InChI=1S/C46H42O18/c1-17(47)36(38-31(57)14-26(52)22-13-34(60)43(64-45(22)38)19-3-6-24(50)28(54)9-19)39-32(58)15-33(59)40(46(39)62-16-18-2-5-23(49)27(53)8-18)41-37-30(56)11-21(48)12-35(37)63-44(42(41)61)20-4-7-25(51)29(55)10-20/h2-12,14-15,17,34,36,41-44,47-61H,13,16H2,1H3. The SMILES string of the molecule is CC(O)C(c1c(O)cc(O)c2c1OC(c1ccc(O)c(O)c1)C(O)C2)c1c(O)cc(O)c(C2c3c(O)cc(O)cc3OC(c3ccc(O)c(O)c3)C2O)c1OCc1ccc(O)c(O)c1. The average Bonchev–Trinajstić information content (AvgIpc) is 3.22. The van der Waals surface area contributed by atoms with Gasteiger partial charge in [-0.1, -0.05) is 18.2 Å². The molecule has 6 aromatic rings. The third-order valence-electron chi connectivity index (χ3n) is 11.5. The van der Waals surface area contributed by atoms with Crippen LogP contribution < -0.4 is 14.2 Å². The van der Waals surface area contributed by atoms with Crippen LogP contribution in [0.15, 0.2) is 78.9 Å². The van der Waals surface area contributed by atoms with Crippen molar-refractivity contribution in [3.63, 3.8) is 0 Å². The van der Waals surface area contributed by atoms with E-state index in [2.05, 4.69) is 0 Å². The lowest BCUT2D eigenvalue weighted by molar-refractivity contribution is 0.00621. The van der Waals surface area contributed by atoms with Gasteiger partial charge in [0.25, 0.3) is 0 Å². The maximum Gasteiger partial charge on any atom is 0.157 e. The Labute approximate surface area is 362 Å². The van der Waals surface area contributed by atoms with Gasteiger partial charge in [-0.2, -0.15) is 0 Å². The lowest BCUT2D eigenvalue weighted by Crippen LogP contribution is -2.35. The topological polar surface area (TPSA) is 331 Å². The van der Waals surface area contributed by atoms with Gasteiger partial charge in [0.1, 0.15) is 70.6 Å². The van der Waals surface area contributed by atoms with E-state index in [9.17, 15) is 76.6 Å². The normalized spacial score (nSPS) is 20.0. The zero-order chi connectivity index (χ0) is 46.0. The molecule has 0 saturated carbocycles. The highest BCUT2D eigenvalue weighted by molar-refractivity contribution is 5.69. The number of phenolic OH excluding ortho intramolecular Hbond substituents is 12. The predicted octanol–water partition coefficient (Wildman–Crippen LogP) is 4.91. The third-order valence-corrected chi connectivity index (χ3v) is 11.5. The van der Waals surface area contributed by atoms with Crippen molar-refractivity contribution in [1.29, 1.82) is 0 Å². The lowest BCUT2D eigenvalue weighted by Gasteiger charge is -2.39. The Morgan fingerprint density at radius 1 is 0.562 bits per heavy atom. The molecule has 0 radical (unpaired) electrons. The zero-order valence-corrected chi connectivity index (χ0v) is 33.4. The van der Waals surface area contributed by atoms with Gasteiger partial charge in [0.05, 0.1) is 18.1 Å². The molecule has 2 heterocycles. The molecular weight excluding hydrogens is 840 g/mol. The Kier molecular flexibility index (Phi) is 10.8. The van der Waals surface area contributed by atoms with E-state index in [4.69, 9.17) is 14.2 Å². The zero-order valence-electron chi connectivity index (χ0n) is 33.4. The molecule has 64 heavy (non-hydrogen) atoms. The fourth-order valence-electron chi connectivity index (χ4n) is 8.57. The molecule has 6 aromatic carbocycles. The Morgan fingerprint density at radius 3 is 1.73 bits per heavy atom. The molecule has 0 aliphatic carbocycles. The van der Waals surface area contributed by atoms with Crippen molar-refractivity contribution in [3.8, 4) is 86.2 Å². The van der Waals surface area contributed by atoms with Gasteiger partial charge in [-0.15, -0.1) is 0 Å². The smallest absolute Gasteiger partial charge is 0.157 e. The maximum absolute atomic E-state index is 12.4. The summed E-state index contributed by atoms with van der Waals surface area (Å²) in [5, 5.41) is 165. The Balaban J connectivity index is 1.39. The number of benzene rings is 6. The summed E-state index contributed by atoms with van der Waals surface area (Å²) in [5.74, 6) is -11.4. The highest BCUT2D eigenvalue weighted by Gasteiger charge is 2.47. The number of hydrogen-bond donors (Lipinski definition) is 15. The maximum atomic E-state index is 12.4. The molecule has 15 N–H and O–H groups in total. The van der Waals surface area contributed by atoms with Crippen LogP contribution in [0.3, 0.4) is 0 Å². The van der Waals surface area contributed by atoms with Crippen LogP contribution in [0.2, 0.25) is 0 Å². The van der Waals surface area contributed by atoms with Crippen LogP contribution in [-0.2, 0) is 13.0 Å². The van der Waals surface area contributed by atoms with Crippen LogP contribution in [-0.4, -0.2) is 94.9 Å². The molecular formula is C46H42O18. The summed E-state index contributed by atoms with van der Waals surface area (Å²) in [7, 11) is 0. The minimum absolute atomic E-state index is 0.0516. The summed E-state index contributed by atoms with van der Waals surface area (Å²) in [4.78, 5) is 0. The predicted molar refractivity (Wildman–Crippen MR) is 221 cm³/mol. The van der Waals surface area contributed by atoms with Gasteiger partial charge in [-0.3, -0.25) is 0 Å². The molecule has 0 aromatic heterocycles. The van der Waals surface area contributed by atoms with Crippen molar-refractivity contribution in [2.75, 3.05) is 0 Å². The monoisotopic (exact) mass is 882 g/mol. The second-order valence-corrected chi connectivity index (χ2v) is 15.7. The fraction of sp³-hybridized carbons (Fsp3) is 0.217. The molecule has 0 spiro atoms. The highest BCUT2D eigenvalue weighted by atomic mass is 16.5. The van der Waals surface area contributed by atoms with Crippen molar-refractivity contribution < 1.29 is 90.8 Å². The third kappa shape index (κ3) is 7.38. The summed E-state index contributed by atoms with van der Waals surface area (Å²) in [6.07, 6.45) is -8.02. The summed E-state index contributed by atoms with van der Waals surface area (Å²) < 4.78 is 18.8. The van der Waals surface area contributed by atoms with Gasteiger partial charge in [0.2, 0.25) is 0 Å². The Hall–Kier alpha value is -7.80. The minimum Gasteiger partial charge on any atom is -0.508 e. The number of aromatic hydroxyl groups is 12. The van der Waals surface area contributed by atoms with Crippen molar-refractivity contribution in [3.05, 3.63) is 123 Å². The molecule has 0 fully saturated rings. The van der Waals surface area contributed by atoms with Crippen molar-refractivity contribution in [2.24, 2.45) is 0 Å². The summed E-state index contributed by atoms with van der Waals surface area (Å²) in [5.41, 5.74) is -0.915. The molecule has 2 aliphatic rings. The van der Waals surface area contributed by atoms with Crippen LogP contribution in [0.1, 0.15) is 75.5 Å². The van der Waals surface area contributed by atoms with E-state index in [-0.39, 0.29) is 62.4 Å². The van der Waals surface area contributed by atoms with Crippen LogP contribution >= 0.6 is 0 Å². The van der Waals surface area contributed by atoms with Gasteiger partial charge in [-0.05, 0) is 60.0 Å². The number of aliphatic hydroxyl groups is 3. The number of phenols is 12. The van der Waals surface area contributed by atoms with Gasteiger partial charge in [-0.25, -0.2) is 0 Å². The lowest BCUT2D eigenvalue weighted by atomic mass is 9.75. The fourth-order valence-corrected chi connectivity index (χ4v) is 8.57. The molecule has 18 nitrogen and oxygen atoms in total. The minimum atomic E-state index is -1.86. The molecule has 18 heteroatoms. The summed E-state index contributed by atoms with van der Waals surface area (Å²) in [6.45, 7) is 0.742. The Bertz CT molecular complexity index is 2800. The summed E-state index contributed by atoms with van der Waals surface area (Å²) >= 11 is 0. The van der Waals surface area contributed by atoms with Crippen molar-refractivity contribution in [2.45, 2.75) is 62.3 Å². The largest absolute Gasteiger partial charge is 0.508 e. The van der Waals surface area contributed by atoms with Crippen LogP contribution in [0.25, 0.3) is 0 Å². The average molecular weight is 883 g/mol. The van der Waals surface area contributed by atoms with Crippen LogP contribution in [0.5, 0.6) is 86.2 Å². The van der Waals surface area contributed by atoms with Crippen LogP contribution in [0.4, 0.5) is 0 Å². The van der Waals surface area contributed by atoms with Gasteiger partial charge in [0.15, 0.2) is 40.6 Å². The summed E-state index contributed by atoms with van der Waals surface area (Å²) in [6, 6.07) is 14.6. The number of ether oxygens (including phenoxy) is 3. The highest BCUT2D eigenvalue weighted by Crippen LogP contribution is 2.59. The van der Waals surface area contributed by atoms with E-state index in [1.165, 1.54) is 25.1 Å². The quantitative estimate of drug-likeness (QED) is 0.0858. The van der Waals surface area contributed by atoms with Crippen molar-refractivity contribution in [1.82, 2.24) is 0 Å². The first-order valence-electron chi connectivity index (χ1n) is 19.6. The van der Waals surface area contributed by atoms with Crippen LogP contribution in [0, 0.1) is 0 Å². The van der Waals surface area contributed by atoms with E-state index in [0.29, 0.717) is 0 Å². The first-order valence-corrected chi connectivity index (χ1v) is 19.6. The van der Waals surface area contributed by atoms with E-state index >= 15 is 0 Å². The molecule has 0 amide bonds. The van der Waals surface area contributed by atoms with E-state index in [1.807, 2.05) is 0 Å². The molecule has 7 atom stereocenters. The molecule has 7 unspecified atom stereocenters. The molecule has 334 valence electrons. The van der Waals surface area contributed by atoms with E-state index in [1.54, 1.807) is 0 Å². The molecule has 0 bridgehead atoms. The number of hydrogen-bond acceptors (Lipinski definition) is 18. The first-order chi connectivity index (χ1) is 30.3.